The number of hydrogen-bond donors (Lipinski definition) is 1. The molecule has 0 spiro atoms. The zero-order valence-electron chi connectivity index (χ0n) is 18.6. The highest BCUT2D eigenvalue weighted by molar-refractivity contribution is 9.10. The van der Waals surface area contributed by atoms with Crippen LogP contribution in [0.1, 0.15) is 47.1 Å². The van der Waals surface area contributed by atoms with E-state index in [-0.39, 0.29) is 23.6 Å². The van der Waals surface area contributed by atoms with Crippen molar-refractivity contribution < 1.29 is 14.6 Å². The van der Waals surface area contributed by atoms with Gasteiger partial charge in [0.15, 0.2) is 0 Å². The zero-order chi connectivity index (χ0) is 24.2. The highest BCUT2D eigenvalue weighted by Gasteiger charge is 2.13. The van der Waals surface area contributed by atoms with Gasteiger partial charge in [-0.2, -0.15) is 9.78 Å². The summed E-state index contributed by atoms with van der Waals surface area (Å²) in [5.41, 5.74) is 2.19. The van der Waals surface area contributed by atoms with Crippen molar-refractivity contribution >= 4 is 39.0 Å². The first-order valence-corrected chi connectivity index (χ1v) is 11.4. The van der Waals surface area contributed by atoms with Gasteiger partial charge in [-0.05, 0) is 65.7 Å². The molecule has 0 fully saturated rings. The van der Waals surface area contributed by atoms with E-state index in [9.17, 15) is 9.59 Å². The second-order valence-corrected chi connectivity index (χ2v) is 8.93. The quantitative estimate of drug-likeness (QED) is 0.328. The standard InChI is InChI=1S/C26H22BrN3O4/c1-16(2)24-29-23-11-8-20(27)13-22(23)25(31)30(24)28-14-17-6-9-21(10-7-17)34-15-18-4-3-5-19(12-18)26(32)33/h3-14,16H,15H2,1-2H3,(H,32,33). The molecule has 0 saturated carbocycles. The van der Waals surface area contributed by atoms with Crippen molar-refractivity contribution in [3.63, 3.8) is 0 Å². The van der Waals surface area contributed by atoms with Crippen LogP contribution in [0, 0.1) is 0 Å². The van der Waals surface area contributed by atoms with Crippen LogP contribution in [-0.2, 0) is 6.61 Å². The molecular weight excluding hydrogens is 498 g/mol. The Kier molecular flexibility index (Phi) is 6.88. The van der Waals surface area contributed by atoms with E-state index >= 15 is 0 Å². The fourth-order valence-electron chi connectivity index (χ4n) is 3.39. The number of halogens is 1. The van der Waals surface area contributed by atoms with Gasteiger partial charge in [0.25, 0.3) is 5.56 Å². The van der Waals surface area contributed by atoms with E-state index in [1.807, 2.05) is 44.2 Å². The van der Waals surface area contributed by atoms with Gasteiger partial charge in [0.05, 0.1) is 22.7 Å². The first kappa shape index (κ1) is 23.4. The van der Waals surface area contributed by atoms with Crippen LogP contribution < -0.4 is 10.3 Å². The number of carboxylic acid groups (broad SMARTS) is 1. The fraction of sp³-hybridized carbons (Fsp3) is 0.154. The lowest BCUT2D eigenvalue weighted by molar-refractivity contribution is 0.0696. The minimum Gasteiger partial charge on any atom is -0.489 e. The third-order valence-electron chi connectivity index (χ3n) is 5.13. The van der Waals surface area contributed by atoms with E-state index in [1.54, 1.807) is 42.6 Å². The minimum atomic E-state index is -0.973. The van der Waals surface area contributed by atoms with Crippen LogP contribution in [0.4, 0.5) is 0 Å². The maximum atomic E-state index is 13.1. The molecule has 34 heavy (non-hydrogen) atoms. The molecule has 0 aliphatic heterocycles. The van der Waals surface area contributed by atoms with Crippen LogP contribution in [-0.4, -0.2) is 27.0 Å². The number of nitrogens with zero attached hydrogens (tertiary/aromatic N) is 3. The van der Waals surface area contributed by atoms with Crippen LogP contribution in [0.25, 0.3) is 10.9 Å². The van der Waals surface area contributed by atoms with Crippen molar-refractivity contribution in [3.05, 3.63) is 104 Å². The van der Waals surface area contributed by atoms with Gasteiger partial charge < -0.3 is 9.84 Å². The molecule has 4 rings (SSSR count). The molecule has 0 aliphatic rings. The molecule has 0 aliphatic carbocycles. The maximum absolute atomic E-state index is 13.1. The topological polar surface area (TPSA) is 93.8 Å². The lowest BCUT2D eigenvalue weighted by atomic mass is 10.1. The lowest BCUT2D eigenvalue weighted by Crippen LogP contribution is -2.23. The molecule has 1 aromatic heterocycles. The van der Waals surface area contributed by atoms with E-state index in [4.69, 9.17) is 9.84 Å². The Morgan fingerprint density at radius 3 is 2.62 bits per heavy atom. The van der Waals surface area contributed by atoms with Gasteiger partial charge in [-0.25, -0.2) is 9.78 Å². The van der Waals surface area contributed by atoms with Crippen molar-refractivity contribution in [2.24, 2.45) is 5.10 Å². The first-order chi connectivity index (χ1) is 16.3. The third kappa shape index (κ3) is 5.23. The van der Waals surface area contributed by atoms with Crippen LogP contribution in [0.2, 0.25) is 0 Å². The lowest BCUT2D eigenvalue weighted by Gasteiger charge is -2.12. The smallest absolute Gasteiger partial charge is 0.335 e. The summed E-state index contributed by atoms with van der Waals surface area (Å²) in [5, 5.41) is 14.0. The van der Waals surface area contributed by atoms with Crippen molar-refractivity contribution in [3.8, 4) is 5.75 Å². The second-order valence-electron chi connectivity index (χ2n) is 8.01. The summed E-state index contributed by atoms with van der Waals surface area (Å²) in [7, 11) is 0. The Morgan fingerprint density at radius 1 is 1.15 bits per heavy atom. The van der Waals surface area contributed by atoms with E-state index in [0.29, 0.717) is 22.5 Å². The molecule has 1 heterocycles. The van der Waals surface area contributed by atoms with E-state index in [0.717, 1.165) is 15.6 Å². The summed E-state index contributed by atoms with van der Waals surface area (Å²) in [6, 6.07) is 19.3. The van der Waals surface area contributed by atoms with Gasteiger partial charge >= 0.3 is 5.97 Å². The molecule has 0 unspecified atom stereocenters. The Morgan fingerprint density at radius 2 is 1.91 bits per heavy atom. The van der Waals surface area contributed by atoms with Gasteiger partial charge in [-0.15, -0.1) is 0 Å². The van der Waals surface area contributed by atoms with Crippen LogP contribution in [0.15, 0.2) is 81.1 Å². The van der Waals surface area contributed by atoms with E-state index < -0.39 is 5.97 Å². The largest absolute Gasteiger partial charge is 0.489 e. The van der Waals surface area contributed by atoms with Crippen LogP contribution in [0.3, 0.4) is 0 Å². The number of carbonyl (C=O) groups is 1. The molecule has 0 saturated heterocycles. The summed E-state index contributed by atoms with van der Waals surface area (Å²) >= 11 is 3.41. The number of hydrogen-bond acceptors (Lipinski definition) is 5. The molecule has 0 amide bonds. The van der Waals surface area contributed by atoms with Gasteiger partial charge in [-0.1, -0.05) is 41.9 Å². The average molecular weight is 520 g/mol. The summed E-state index contributed by atoms with van der Waals surface area (Å²) in [5.74, 6) is 0.252. The molecular formula is C26H22BrN3O4. The van der Waals surface area contributed by atoms with E-state index in [2.05, 4.69) is 26.0 Å². The molecule has 8 heteroatoms. The number of benzene rings is 3. The van der Waals surface area contributed by atoms with Gasteiger partial charge in [0, 0.05) is 10.4 Å². The monoisotopic (exact) mass is 519 g/mol. The van der Waals surface area contributed by atoms with Crippen molar-refractivity contribution in [1.82, 2.24) is 9.66 Å². The molecule has 4 aromatic rings. The number of ether oxygens (including phenoxy) is 1. The Balaban J connectivity index is 1.54. The first-order valence-electron chi connectivity index (χ1n) is 10.6. The highest BCUT2D eigenvalue weighted by Crippen LogP contribution is 2.19. The van der Waals surface area contributed by atoms with Gasteiger partial charge in [0.1, 0.15) is 18.2 Å². The number of carboxylic acids is 1. The zero-order valence-corrected chi connectivity index (χ0v) is 20.2. The minimum absolute atomic E-state index is 0.00769. The molecule has 7 nitrogen and oxygen atoms in total. The maximum Gasteiger partial charge on any atom is 0.335 e. The Bertz CT molecular complexity index is 1440. The number of fused-ring (bicyclic) bond motifs is 1. The number of rotatable bonds is 7. The highest BCUT2D eigenvalue weighted by atomic mass is 79.9. The van der Waals surface area contributed by atoms with Crippen LogP contribution in [0.5, 0.6) is 5.75 Å². The predicted molar refractivity (Wildman–Crippen MR) is 135 cm³/mol. The average Bonchev–Trinajstić information content (AvgIpc) is 2.83. The fourth-order valence-corrected chi connectivity index (χ4v) is 3.75. The Hall–Kier alpha value is -3.78. The molecule has 0 atom stereocenters. The Labute approximate surface area is 204 Å². The second kappa shape index (κ2) is 10.0. The third-order valence-corrected chi connectivity index (χ3v) is 5.62. The van der Waals surface area contributed by atoms with Crippen LogP contribution >= 0.6 is 15.9 Å². The molecule has 172 valence electrons. The SMILES string of the molecule is CC(C)c1nc2ccc(Br)cc2c(=O)n1N=Cc1ccc(OCc2cccc(C(=O)O)c2)cc1. The summed E-state index contributed by atoms with van der Waals surface area (Å²) in [6.07, 6.45) is 1.61. The number of aromatic nitrogens is 2. The molecule has 3 aromatic carbocycles. The van der Waals surface area contributed by atoms with Crippen molar-refractivity contribution in [1.29, 1.82) is 0 Å². The number of aromatic carboxylic acids is 1. The predicted octanol–water partition coefficient (Wildman–Crippen LogP) is 5.44. The van der Waals surface area contributed by atoms with Crippen molar-refractivity contribution in [2.45, 2.75) is 26.4 Å². The summed E-state index contributed by atoms with van der Waals surface area (Å²) < 4.78 is 7.92. The summed E-state index contributed by atoms with van der Waals surface area (Å²) in [4.78, 5) is 28.9. The van der Waals surface area contributed by atoms with Crippen molar-refractivity contribution in [2.75, 3.05) is 0 Å². The summed E-state index contributed by atoms with van der Waals surface area (Å²) in [6.45, 7) is 4.19. The normalized spacial score (nSPS) is 11.4. The van der Waals surface area contributed by atoms with E-state index in [1.165, 1.54) is 4.68 Å². The van der Waals surface area contributed by atoms with Gasteiger partial charge in [0.2, 0.25) is 0 Å². The molecule has 0 radical (unpaired) electrons. The van der Waals surface area contributed by atoms with Gasteiger partial charge in [-0.3, -0.25) is 4.79 Å². The molecule has 1 N–H and O–H groups in total. The molecule has 0 bridgehead atoms.